The molecule has 0 spiro atoms. The standard InChI is InChI=1S/C105H68N6/c1-69(66-106)104(110-99-54-46-82(74-34-18-6-19-35-74)62-90(99)91-63-83(47-55-100(91)110)75-36-20-7-21-37-75)105(111-101-56-48-84(76-38-22-8-23-39-76)64-92(101)93-65-85(49-57-102(93)111)77-40-24-9-25-41-77)94(67-107)103(109-97-52-44-80(72-30-14-4-15-31-72)60-88(97)89-61-81(45-53-98(89)109)73-32-16-5-17-33-73)68-108-95-50-42-78(70-26-10-2-11-27-70)58-86(95)87-59-79(43-51-96(87)108)71-28-12-3-13-29-71/h2-65H,1,68H2/b103-94+,105-104-. The molecule has 0 aliphatic carbocycles. The summed E-state index contributed by atoms with van der Waals surface area (Å²) in [6.45, 7) is 5.08. The van der Waals surface area contributed by atoms with E-state index in [1.165, 1.54) is 0 Å². The Bertz CT molecular complexity index is 6870. The third-order valence-corrected chi connectivity index (χ3v) is 22.3. The molecular weight excluding hydrogens is 1350 g/mol. The van der Waals surface area contributed by atoms with Crippen LogP contribution in [0, 0.1) is 22.7 Å². The zero-order valence-electron chi connectivity index (χ0n) is 60.5. The molecule has 0 saturated carbocycles. The zero-order chi connectivity index (χ0) is 74.0. The highest BCUT2D eigenvalue weighted by Gasteiger charge is 2.32. The number of benzene rings is 16. The van der Waals surface area contributed by atoms with Gasteiger partial charge in [-0.25, -0.2) is 0 Å². The van der Waals surface area contributed by atoms with Gasteiger partial charge < -0.3 is 18.3 Å². The van der Waals surface area contributed by atoms with Crippen molar-refractivity contribution in [3.63, 3.8) is 0 Å². The van der Waals surface area contributed by atoms with Crippen molar-refractivity contribution in [2.75, 3.05) is 0 Å². The van der Waals surface area contributed by atoms with Gasteiger partial charge in [0.25, 0.3) is 0 Å². The predicted molar refractivity (Wildman–Crippen MR) is 464 cm³/mol. The van der Waals surface area contributed by atoms with Crippen molar-refractivity contribution >= 4 is 104 Å². The summed E-state index contributed by atoms with van der Waals surface area (Å²) in [4.78, 5) is 0. The molecule has 0 unspecified atom stereocenters. The van der Waals surface area contributed by atoms with Gasteiger partial charge in [0.2, 0.25) is 0 Å². The molecule has 20 rings (SSSR count). The van der Waals surface area contributed by atoms with E-state index < -0.39 is 0 Å². The topological polar surface area (TPSA) is 67.3 Å². The Morgan fingerprint density at radius 1 is 0.216 bits per heavy atom. The van der Waals surface area contributed by atoms with Gasteiger partial charge in [-0.05, 0) is 186 Å². The van der Waals surface area contributed by atoms with E-state index in [1.54, 1.807) is 0 Å². The normalized spacial score (nSPS) is 12.1. The molecule has 111 heavy (non-hydrogen) atoms. The van der Waals surface area contributed by atoms with Gasteiger partial charge in [-0.3, -0.25) is 0 Å². The van der Waals surface area contributed by atoms with Crippen LogP contribution in [0.5, 0.6) is 0 Å². The van der Waals surface area contributed by atoms with Gasteiger partial charge in [0.05, 0.1) is 67.9 Å². The summed E-state index contributed by atoms with van der Waals surface area (Å²) in [7, 11) is 0. The van der Waals surface area contributed by atoms with Crippen molar-refractivity contribution in [3.05, 3.63) is 406 Å². The summed E-state index contributed by atoms with van der Waals surface area (Å²) in [5.41, 5.74) is 26.3. The number of rotatable bonds is 15. The van der Waals surface area contributed by atoms with E-state index in [2.05, 4.69) is 407 Å². The molecule has 518 valence electrons. The minimum Gasteiger partial charge on any atom is -0.334 e. The number of aromatic nitrogens is 4. The van der Waals surface area contributed by atoms with Crippen molar-refractivity contribution < 1.29 is 0 Å². The molecule has 0 aliphatic rings. The Morgan fingerprint density at radius 2 is 0.414 bits per heavy atom. The molecular formula is C105H68N6. The van der Waals surface area contributed by atoms with Crippen LogP contribution < -0.4 is 0 Å². The largest absolute Gasteiger partial charge is 0.334 e. The molecule has 0 bridgehead atoms. The van der Waals surface area contributed by atoms with Crippen LogP contribution in [-0.2, 0) is 6.54 Å². The molecule has 0 aliphatic heterocycles. The first-order chi connectivity index (χ1) is 54.9. The van der Waals surface area contributed by atoms with Crippen LogP contribution in [0.4, 0.5) is 0 Å². The van der Waals surface area contributed by atoms with Crippen LogP contribution in [0.3, 0.4) is 0 Å². The fourth-order valence-corrected chi connectivity index (χ4v) is 17.0. The molecule has 4 aromatic heterocycles. The van der Waals surface area contributed by atoms with E-state index in [0.717, 1.165) is 176 Å². The summed E-state index contributed by atoms with van der Waals surface area (Å²) in [5.74, 6) is 0. The van der Waals surface area contributed by atoms with Crippen LogP contribution in [0.2, 0.25) is 0 Å². The molecule has 6 nitrogen and oxygen atoms in total. The summed E-state index contributed by atoms with van der Waals surface area (Å²) in [6, 6.07) is 144. The number of nitrogens with zero attached hydrogens (tertiary/aromatic N) is 6. The smallest absolute Gasteiger partial charge is 0.103 e. The van der Waals surface area contributed by atoms with Crippen LogP contribution >= 0.6 is 0 Å². The van der Waals surface area contributed by atoms with Gasteiger partial charge >= 0.3 is 0 Å². The lowest BCUT2D eigenvalue weighted by Crippen LogP contribution is -2.15. The summed E-state index contributed by atoms with van der Waals surface area (Å²) in [6.07, 6.45) is 0. The maximum atomic E-state index is 13.8. The number of nitriles is 2. The predicted octanol–water partition coefficient (Wildman–Crippen LogP) is 27.5. The van der Waals surface area contributed by atoms with Gasteiger partial charge in [0, 0.05) is 54.1 Å². The quantitative estimate of drug-likeness (QED) is 0.0758. The number of hydrogen-bond acceptors (Lipinski definition) is 2. The zero-order valence-corrected chi connectivity index (χ0v) is 60.5. The van der Waals surface area contributed by atoms with E-state index in [4.69, 9.17) is 6.58 Å². The molecule has 0 N–H and O–H groups in total. The Hall–Kier alpha value is -15.1. The first-order valence-corrected chi connectivity index (χ1v) is 37.6. The van der Waals surface area contributed by atoms with Gasteiger partial charge in [0.1, 0.15) is 12.1 Å². The fraction of sp³-hybridized carbons (Fsp3) is 0.00952. The molecule has 0 atom stereocenters. The van der Waals surface area contributed by atoms with Crippen LogP contribution in [0.1, 0.15) is 0 Å². The maximum Gasteiger partial charge on any atom is 0.103 e. The molecule has 16 aromatic carbocycles. The SMILES string of the molecule is C=C(C#N)/C(=C(\C(C#N)=C(/Cn1c2ccc(-c3ccccc3)cc2c2cc(-c3ccccc3)ccc21)n1c2ccc(-c3ccccc3)cc2c2cc(-c3ccccc3)ccc21)n1c2ccc(-c3ccccc3)cc2c2cc(-c3ccccc3)ccc21)n1c2ccc(-c3ccccc3)cc2c2cc(-c3ccccc3)ccc21. The van der Waals surface area contributed by atoms with Crippen molar-refractivity contribution in [2.45, 2.75) is 6.54 Å². The second-order valence-electron chi connectivity index (χ2n) is 28.6. The second-order valence-corrected chi connectivity index (χ2v) is 28.6. The molecule has 0 amide bonds. The minimum atomic E-state index is 0.160. The first-order valence-electron chi connectivity index (χ1n) is 37.6. The average Bonchev–Trinajstić information content (AvgIpc) is 1.56. The summed E-state index contributed by atoms with van der Waals surface area (Å²) < 4.78 is 9.32. The van der Waals surface area contributed by atoms with Crippen LogP contribution in [0.15, 0.2) is 406 Å². The lowest BCUT2D eigenvalue weighted by Gasteiger charge is -2.24. The second kappa shape index (κ2) is 27.4. The number of fused-ring (bicyclic) bond motifs is 12. The van der Waals surface area contributed by atoms with E-state index in [-0.39, 0.29) is 12.1 Å². The summed E-state index contributed by atoms with van der Waals surface area (Å²) in [5, 5.41) is 34.2. The molecule has 6 heteroatoms. The Morgan fingerprint density at radius 3 is 0.631 bits per heavy atom. The van der Waals surface area contributed by atoms with E-state index >= 15 is 0 Å². The molecule has 4 heterocycles. The Balaban J connectivity index is 0.989. The number of allylic oxidation sites excluding steroid dienone is 5. The highest BCUT2D eigenvalue weighted by atomic mass is 15.1. The Labute approximate surface area is 642 Å². The first kappa shape index (κ1) is 65.4. The van der Waals surface area contributed by atoms with Crippen molar-refractivity contribution in [1.29, 1.82) is 10.5 Å². The van der Waals surface area contributed by atoms with E-state index in [1.807, 2.05) is 12.1 Å². The van der Waals surface area contributed by atoms with E-state index in [0.29, 0.717) is 22.7 Å². The van der Waals surface area contributed by atoms with Gasteiger partial charge in [-0.1, -0.05) is 298 Å². The monoisotopic (exact) mass is 1410 g/mol. The Kier molecular flexibility index (Phi) is 16.1. The third-order valence-electron chi connectivity index (χ3n) is 22.3. The highest BCUT2D eigenvalue weighted by molar-refractivity contribution is 6.21. The fourth-order valence-electron chi connectivity index (χ4n) is 17.0. The van der Waals surface area contributed by atoms with E-state index in [9.17, 15) is 10.5 Å². The van der Waals surface area contributed by atoms with Gasteiger partial charge in [0.15, 0.2) is 0 Å². The number of hydrogen-bond donors (Lipinski definition) is 0. The maximum absolute atomic E-state index is 13.8. The van der Waals surface area contributed by atoms with Crippen LogP contribution in [0.25, 0.3) is 193 Å². The molecule has 0 fully saturated rings. The molecule has 20 aromatic rings. The lowest BCUT2D eigenvalue weighted by atomic mass is 10.0. The van der Waals surface area contributed by atoms with Crippen molar-refractivity contribution in [2.24, 2.45) is 0 Å². The van der Waals surface area contributed by atoms with Crippen molar-refractivity contribution in [3.8, 4) is 101 Å². The lowest BCUT2D eigenvalue weighted by molar-refractivity contribution is 0.870. The van der Waals surface area contributed by atoms with Gasteiger partial charge in [-0.15, -0.1) is 0 Å². The molecule has 0 radical (unpaired) electrons. The minimum absolute atomic E-state index is 0.160. The summed E-state index contributed by atoms with van der Waals surface area (Å²) >= 11 is 0. The average molecular weight is 1410 g/mol. The molecule has 0 saturated heterocycles. The van der Waals surface area contributed by atoms with Gasteiger partial charge in [-0.2, -0.15) is 10.5 Å². The van der Waals surface area contributed by atoms with Crippen LogP contribution in [-0.4, -0.2) is 18.3 Å². The highest BCUT2D eigenvalue weighted by Crippen LogP contribution is 2.49. The third kappa shape index (κ3) is 11.3. The van der Waals surface area contributed by atoms with Crippen molar-refractivity contribution in [1.82, 2.24) is 18.3 Å².